The molecule has 0 aliphatic carbocycles. The molecule has 0 spiro atoms. The second-order valence-electron chi connectivity index (χ2n) is 6.80. The summed E-state index contributed by atoms with van der Waals surface area (Å²) in [6, 6.07) is 6.46. The first-order valence-electron chi connectivity index (χ1n) is 9.29. The quantitative estimate of drug-likeness (QED) is 0.683. The van der Waals surface area contributed by atoms with Crippen LogP contribution in [-0.4, -0.2) is 43.2 Å². The summed E-state index contributed by atoms with van der Waals surface area (Å²) in [5.74, 6) is 0.104. The molecule has 1 aliphatic heterocycles. The maximum atomic E-state index is 12.1. The van der Waals surface area contributed by atoms with Gasteiger partial charge in [-0.25, -0.2) is 4.79 Å². The fourth-order valence-electron chi connectivity index (χ4n) is 3.24. The minimum Gasteiger partial charge on any atom is -0.435 e. The van der Waals surface area contributed by atoms with E-state index in [1.165, 1.54) is 31.4 Å². The highest BCUT2D eigenvalue weighted by Crippen LogP contribution is 2.19. The topological polar surface area (TPSA) is 53.6 Å². The van der Waals surface area contributed by atoms with E-state index in [0.717, 1.165) is 25.1 Å². The van der Waals surface area contributed by atoms with Crippen molar-refractivity contribution in [2.75, 3.05) is 19.6 Å². The highest BCUT2D eigenvalue weighted by atomic mass is 19.3. The van der Waals surface area contributed by atoms with Gasteiger partial charge in [-0.1, -0.05) is 18.6 Å². The van der Waals surface area contributed by atoms with Crippen LogP contribution in [0.5, 0.6) is 5.75 Å². The van der Waals surface area contributed by atoms with Crippen molar-refractivity contribution >= 4 is 6.03 Å². The molecule has 1 aromatic rings. The minimum atomic E-state index is -2.84. The van der Waals surface area contributed by atoms with E-state index < -0.39 is 6.61 Å². The third-order valence-electron chi connectivity index (χ3n) is 4.80. The molecule has 2 N–H and O–H groups in total. The molecule has 1 heterocycles. The number of rotatable bonds is 8. The fraction of sp³-hybridized carbons (Fsp3) is 0.632. The maximum absolute atomic E-state index is 12.1. The lowest BCUT2D eigenvalue weighted by Crippen LogP contribution is -2.41. The SMILES string of the molecule is CC(NC(=O)NCCCN1CCCCC1C)c1ccc(OC(F)F)cc1. The molecule has 1 aromatic carbocycles. The second kappa shape index (κ2) is 10.3. The van der Waals surface area contributed by atoms with Crippen molar-refractivity contribution < 1.29 is 18.3 Å². The predicted octanol–water partition coefficient (Wildman–Crippen LogP) is 3.91. The van der Waals surface area contributed by atoms with Gasteiger partial charge in [0.25, 0.3) is 0 Å². The van der Waals surface area contributed by atoms with E-state index in [4.69, 9.17) is 0 Å². The number of urea groups is 1. The van der Waals surface area contributed by atoms with Gasteiger partial charge in [-0.2, -0.15) is 8.78 Å². The van der Waals surface area contributed by atoms with Gasteiger partial charge in [0.15, 0.2) is 0 Å². The summed E-state index contributed by atoms with van der Waals surface area (Å²) >= 11 is 0. The summed E-state index contributed by atoms with van der Waals surface area (Å²) < 4.78 is 28.6. The number of carbonyl (C=O) groups is 1. The van der Waals surface area contributed by atoms with Crippen molar-refractivity contribution in [3.8, 4) is 5.75 Å². The summed E-state index contributed by atoms with van der Waals surface area (Å²) in [4.78, 5) is 14.5. The van der Waals surface area contributed by atoms with Crippen molar-refractivity contribution in [2.24, 2.45) is 0 Å². The van der Waals surface area contributed by atoms with Gasteiger partial charge in [0.05, 0.1) is 6.04 Å². The third-order valence-corrected chi connectivity index (χ3v) is 4.80. The molecule has 146 valence electrons. The molecule has 0 saturated carbocycles. The van der Waals surface area contributed by atoms with Crippen molar-refractivity contribution in [1.29, 1.82) is 0 Å². The summed E-state index contributed by atoms with van der Waals surface area (Å²) in [5.41, 5.74) is 0.823. The van der Waals surface area contributed by atoms with Crippen molar-refractivity contribution in [3.63, 3.8) is 0 Å². The predicted molar refractivity (Wildman–Crippen MR) is 97.5 cm³/mol. The average molecular weight is 369 g/mol. The number of carbonyl (C=O) groups excluding carboxylic acids is 1. The number of nitrogens with zero attached hydrogens (tertiary/aromatic N) is 1. The van der Waals surface area contributed by atoms with E-state index in [1.807, 2.05) is 6.92 Å². The molecule has 2 atom stereocenters. The largest absolute Gasteiger partial charge is 0.435 e. The van der Waals surface area contributed by atoms with Crippen LogP contribution in [-0.2, 0) is 0 Å². The van der Waals surface area contributed by atoms with Crippen LogP contribution in [0.4, 0.5) is 13.6 Å². The Labute approximate surface area is 154 Å². The molecule has 1 aliphatic rings. The zero-order chi connectivity index (χ0) is 18.9. The molecule has 2 rings (SSSR count). The smallest absolute Gasteiger partial charge is 0.387 e. The minimum absolute atomic E-state index is 0.104. The number of nitrogens with one attached hydrogen (secondary N) is 2. The summed E-state index contributed by atoms with van der Waals surface area (Å²) in [7, 11) is 0. The Kier molecular flexibility index (Phi) is 8.09. The first kappa shape index (κ1) is 20.4. The number of hydrogen-bond acceptors (Lipinski definition) is 3. The molecule has 0 bridgehead atoms. The Morgan fingerprint density at radius 2 is 2.04 bits per heavy atom. The van der Waals surface area contributed by atoms with Gasteiger partial charge in [0.2, 0.25) is 0 Å². The first-order chi connectivity index (χ1) is 12.5. The van der Waals surface area contributed by atoms with Crippen molar-refractivity contribution in [1.82, 2.24) is 15.5 Å². The van der Waals surface area contributed by atoms with E-state index >= 15 is 0 Å². The van der Waals surface area contributed by atoms with Crippen LogP contribution in [0.3, 0.4) is 0 Å². The molecule has 0 aromatic heterocycles. The highest BCUT2D eigenvalue weighted by molar-refractivity contribution is 5.74. The Morgan fingerprint density at radius 1 is 1.31 bits per heavy atom. The second-order valence-corrected chi connectivity index (χ2v) is 6.80. The number of likely N-dealkylation sites (tertiary alicyclic amines) is 1. The summed E-state index contributed by atoms with van der Waals surface area (Å²) in [6.45, 7) is 4.05. The number of ether oxygens (including phenoxy) is 1. The molecule has 2 unspecified atom stereocenters. The number of benzene rings is 1. The van der Waals surface area contributed by atoms with Crippen LogP contribution in [0, 0.1) is 0 Å². The van der Waals surface area contributed by atoms with E-state index in [1.54, 1.807) is 12.1 Å². The number of halogens is 2. The van der Waals surface area contributed by atoms with Gasteiger partial charge in [-0.15, -0.1) is 0 Å². The number of alkyl halides is 2. The molecular formula is C19H29F2N3O2. The molecule has 5 nitrogen and oxygen atoms in total. The van der Waals surface area contributed by atoms with Gasteiger partial charge in [0, 0.05) is 19.1 Å². The summed E-state index contributed by atoms with van der Waals surface area (Å²) in [5, 5.41) is 5.73. The normalized spacial score (nSPS) is 19.2. The Hall–Kier alpha value is -1.89. The van der Waals surface area contributed by atoms with Crippen LogP contribution >= 0.6 is 0 Å². The van der Waals surface area contributed by atoms with Gasteiger partial charge in [0.1, 0.15) is 5.75 Å². The molecule has 7 heteroatoms. The van der Waals surface area contributed by atoms with E-state index in [9.17, 15) is 13.6 Å². The van der Waals surface area contributed by atoms with Crippen LogP contribution in [0.1, 0.15) is 51.1 Å². The van der Waals surface area contributed by atoms with Crippen molar-refractivity contribution in [3.05, 3.63) is 29.8 Å². The van der Waals surface area contributed by atoms with E-state index in [2.05, 4.69) is 27.2 Å². The number of amides is 2. The van der Waals surface area contributed by atoms with Gasteiger partial charge in [-0.05, 0) is 57.4 Å². The maximum Gasteiger partial charge on any atom is 0.387 e. The lowest BCUT2D eigenvalue weighted by molar-refractivity contribution is -0.0498. The Bertz CT molecular complexity index is 554. The molecule has 2 amide bonds. The van der Waals surface area contributed by atoms with Gasteiger partial charge >= 0.3 is 12.6 Å². The lowest BCUT2D eigenvalue weighted by atomic mass is 10.0. The zero-order valence-corrected chi connectivity index (χ0v) is 15.5. The van der Waals surface area contributed by atoms with Gasteiger partial charge < -0.3 is 20.3 Å². The van der Waals surface area contributed by atoms with E-state index in [-0.39, 0.29) is 17.8 Å². The lowest BCUT2D eigenvalue weighted by Gasteiger charge is -2.33. The first-order valence-corrected chi connectivity index (χ1v) is 9.29. The average Bonchev–Trinajstić information content (AvgIpc) is 2.60. The molecule has 0 radical (unpaired) electrons. The fourth-order valence-corrected chi connectivity index (χ4v) is 3.24. The van der Waals surface area contributed by atoms with Crippen LogP contribution in [0.2, 0.25) is 0 Å². The molecule has 1 saturated heterocycles. The monoisotopic (exact) mass is 369 g/mol. The standard InChI is InChI=1S/C19H29F2N3O2/c1-14-6-3-4-12-24(14)13-5-11-22-19(25)23-15(2)16-7-9-17(10-8-16)26-18(20)21/h7-10,14-15,18H,3-6,11-13H2,1-2H3,(H2,22,23,25). The number of hydrogen-bond donors (Lipinski definition) is 2. The van der Waals surface area contributed by atoms with Crippen LogP contribution in [0.15, 0.2) is 24.3 Å². The Balaban J connectivity index is 1.66. The Morgan fingerprint density at radius 3 is 2.69 bits per heavy atom. The van der Waals surface area contributed by atoms with Crippen molar-refractivity contribution in [2.45, 2.75) is 58.2 Å². The highest BCUT2D eigenvalue weighted by Gasteiger charge is 2.17. The van der Waals surface area contributed by atoms with Crippen LogP contribution in [0.25, 0.3) is 0 Å². The molecular weight excluding hydrogens is 340 g/mol. The number of piperidine rings is 1. The van der Waals surface area contributed by atoms with Crippen LogP contribution < -0.4 is 15.4 Å². The summed E-state index contributed by atoms with van der Waals surface area (Å²) in [6.07, 6.45) is 4.75. The molecule has 26 heavy (non-hydrogen) atoms. The zero-order valence-electron chi connectivity index (χ0n) is 15.5. The molecule has 1 fully saturated rings. The van der Waals surface area contributed by atoms with E-state index in [0.29, 0.717) is 12.6 Å². The van der Waals surface area contributed by atoms with Gasteiger partial charge in [-0.3, -0.25) is 0 Å². The third kappa shape index (κ3) is 6.78.